The monoisotopic (exact) mass is 458 g/mol. The molecule has 148 valence electrons. The molecule has 0 aromatic heterocycles. The Morgan fingerprint density at radius 1 is 1.07 bits per heavy atom. The Balaban J connectivity index is 2.28. The maximum absolute atomic E-state index is 13.1. The van der Waals surface area contributed by atoms with Crippen LogP contribution in [0.4, 0.5) is 29.3 Å². The summed E-state index contributed by atoms with van der Waals surface area (Å²) in [6.07, 6.45) is -6.84. The molecular formula is C18H14BrF3N2O4. The smallest absolute Gasteiger partial charge is 0.416 e. The molecule has 2 amide bonds. The number of halogens is 4. The van der Waals surface area contributed by atoms with Crippen LogP contribution in [0, 0.1) is 6.92 Å². The van der Waals surface area contributed by atoms with Crippen LogP contribution in [0.1, 0.15) is 27.9 Å². The van der Waals surface area contributed by atoms with Crippen LogP contribution in [0.25, 0.3) is 0 Å². The van der Waals surface area contributed by atoms with Crippen molar-refractivity contribution in [2.24, 2.45) is 0 Å². The first-order chi connectivity index (χ1) is 13.0. The Hall–Kier alpha value is -2.88. The fourth-order valence-electron chi connectivity index (χ4n) is 2.44. The van der Waals surface area contributed by atoms with Crippen LogP contribution < -0.4 is 10.6 Å². The molecule has 0 unspecified atom stereocenters. The van der Waals surface area contributed by atoms with Crippen molar-refractivity contribution in [1.29, 1.82) is 0 Å². The predicted molar refractivity (Wildman–Crippen MR) is 99.5 cm³/mol. The van der Waals surface area contributed by atoms with Crippen molar-refractivity contribution in [2.45, 2.75) is 19.5 Å². The molecule has 3 N–H and O–H groups in total. The SMILES string of the molecule is Cc1cc(NC(=O)O)c(NC(=O)CC(=O)c2cccc(Br)c2)cc1C(F)(F)F. The Bertz CT molecular complexity index is 945. The summed E-state index contributed by atoms with van der Waals surface area (Å²) < 4.78 is 40.0. The van der Waals surface area contributed by atoms with E-state index in [9.17, 15) is 27.6 Å². The van der Waals surface area contributed by atoms with Gasteiger partial charge in [-0.1, -0.05) is 28.1 Å². The minimum Gasteiger partial charge on any atom is -0.465 e. The molecule has 28 heavy (non-hydrogen) atoms. The van der Waals surface area contributed by atoms with Gasteiger partial charge in [0.05, 0.1) is 23.4 Å². The molecule has 0 heterocycles. The van der Waals surface area contributed by atoms with E-state index in [4.69, 9.17) is 5.11 Å². The molecule has 0 saturated carbocycles. The lowest BCUT2D eigenvalue weighted by molar-refractivity contribution is -0.138. The van der Waals surface area contributed by atoms with Crippen LogP contribution in [0.15, 0.2) is 40.9 Å². The van der Waals surface area contributed by atoms with Gasteiger partial charge in [0.2, 0.25) is 5.91 Å². The number of carbonyl (C=O) groups excluding carboxylic acids is 2. The number of rotatable bonds is 5. The molecule has 0 bridgehead atoms. The van der Waals surface area contributed by atoms with Crippen LogP contribution in [0.3, 0.4) is 0 Å². The molecule has 10 heteroatoms. The number of hydrogen-bond acceptors (Lipinski definition) is 3. The lowest BCUT2D eigenvalue weighted by Gasteiger charge is -2.17. The van der Waals surface area contributed by atoms with Crippen molar-refractivity contribution < 1.29 is 32.7 Å². The van der Waals surface area contributed by atoms with Crippen LogP contribution >= 0.6 is 15.9 Å². The summed E-state index contributed by atoms with van der Waals surface area (Å²) in [4.78, 5) is 35.2. The standard InChI is InChI=1S/C18H14BrF3N2O4/c1-9-5-13(24-17(27)28)14(7-12(9)18(20,21)22)23-16(26)8-15(25)10-3-2-4-11(19)6-10/h2-7,24H,8H2,1H3,(H,23,26)(H,27,28). The first kappa shape index (κ1) is 21.4. The third-order valence-electron chi connectivity index (χ3n) is 3.65. The minimum absolute atomic E-state index is 0.223. The van der Waals surface area contributed by atoms with Gasteiger partial charge in [0, 0.05) is 10.0 Å². The molecule has 6 nitrogen and oxygen atoms in total. The second-order valence-corrected chi connectivity index (χ2v) is 6.71. The summed E-state index contributed by atoms with van der Waals surface area (Å²) in [5.41, 5.74) is -1.64. The van der Waals surface area contributed by atoms with Crippen molar-refractivity contribution in [3.05, 3.63) is 57.6 Å². The van der Waals surface area contributed by atoms with Gasteiger partial charge in [-0.05, 0) is 36.8 Å². The number of carbonyl (C=O) groups is 3. The van der Waals surface area contributed by atoms with E-state index in [-0.39, 0.29) is 16.8 Å². The highest BCUT2D eigenvalue weighted by atomic mass is 79.9. The Kier molecular flexibility index (Phi) is 6.45. The van der Waals surface area contributed by atoms with Gasteiger partial charge in [-0.15, -0.1) is 0 Å². The fourth-order valence-corrected chi connectivity index (χ4v) is 2.84. The maximum Gasteiger partial charge on any atom is 0.416 e. The summed E-state index contributed by atoms with van der Waals surface area (Å²) in [6, 6.07) is 7.86. The molecule has 0 spiro atoms. The van der Waals surface area contributed by atoms with Crippen LogP contribution in [0.2, 0.25) is 0 Å². The van der Waals surface area contributed by atoms with Gasteiger partial charge in [-0.2, -0.15) is 13.2 Å². The summed E-state index contributed by atoms with van der Waals surface area (Å²) in [7, 11) is 0. The predicted octanol–water partition coefficient (Wildman–Crippen LogP) is 5.08. The average Bonchev–Trinajstić information content (AvgIpc) is 2.55. The van der Waals surface area contributed by atoms with E-state index < -0.39 is 41.6 Å². The van der Waals surface area contributed by atoms with Crippen molar-refractivity contribution >= 4 is 45.1 Å². The van der Waals surface area contributed by atoms with Gasteiger partial charge in [-0.25, -0.2) is 4.79 Å². The molecule has 2 aromatic carbocycles. The number of anilines is 2. The van der Waals surface area contributed by atoms with Crippen molar-refractivity contribution in [1.82, 2.24) is 0 Å². The van der Waals surface area contributed by atoms with Crippen molar-refractivity contribution in [3.8, 4) is 0 Å². The van der Waals surface area contributed by atoms with E-state index in [1.165, 1.54) is 12.1 Å². The molecule has 2 rings (SSSR count). The summed E-state index contributed by atoms with van der Waals surface area (Å²) >= 11 is 3.19. The van der Waals surface area contributed by atoms with Gasteiger partial charge in [-0.3, -0.25) is 14.9 Å². The number of Topliss-reactive ketones (excluding diaryl/α,β-unsaturated/α-hetero) is 1. The molecule has 0 aliphatic heterocycles. The lowest BCUT2D eigenvalue weighted by atomic mass is 10.0. The number of aryl methyl sites for hydroxylation is 1. The number of amides is 2. The average molecular weight is 459 g/mol. The molecule has 0 saturated heterocycles. The number of hydrogen-bond donors (Lipinski definition) is 3. The Morgan fingerprint density at radius 3 is 2.29 bits per heavy atom. The highest BCUT2D eigenvalue weighted by molar-refractivity contribution is 9.10. The van der Waals surface area contributed by atoms with E-state index in [1.54, 1.807) is 12.1 Å². The van der Waals surface area contributed by atoms with Gasteiger partial charge in [0.25, 0.3) is 0 Å². The zero-order chi connectivity index (χ0) is 21.1. The van der Waals surface area contributed by atoms with Gasteiger partial charge >= 0.3 is 12.3 Å². The molecule has 0 atom stereocenters. The second kappa shape index (κ2) is 8.42. The fraction of sp³-hybridized carbons (Fsp3) is 0.167. The topological polar surface area (TPSA) is 95.5 Å². The zero-order valence-corrected chi connectivity index (χ0v) is 15.9. The Labute approximate surface area is 165 Å². The highest BCUT2D eigenvalue weighted by Crippen LogP contribution is 2.37. The molecule has 0 aliphatic carbocycles. The molecule has 2 aromatic rings. The van der Waals surface area contributed by atoms with E-state index in [1.807, 2.05) is 5.32 Å². The molecular weight excluding hydrogens is 445 g/mol. The van der Waals surface area contributed by atoms with E-state index in [0.717, 1.165) is 13.0 Å². The largest absolute Gasteiger partial charge is 0.465 e. The van der Waals surface area contributed by atoms with Crippen LogP contribution in [-0.4, -0.2) is 22.9 Å². The van der Waals surface area contributed by atoms with Crippen LogP contribution in [0.5, 0.6) is 0 Å². The van der Waals surface area contributed by atoms with E-state index in [0.29, 0.717) is 10.5 Å². The number of ketones is 1. The van der Waals surface area contributed by atoms with Crippen LogP contribution in [-0.2, 0) is 11.0 Å². The number of benzene rings is 2. The van der Waals surface area contributed by atoms with Gasteiger partial charge < -0.3 is 10.4 Å². The second-order valence-electron chi connectivity index (χ2n) is 5.80. The molecule has 0 aliphatic rings. The normalized spacial score (nSPS) is 11.0. The summed E-state index contributed by atoms with van der Waals surface area (Å²) in [5, 5.41) is 13.0. The number of alkyl halides is 3. The third-order valence-corrected chi connectivity index (χ3v) is 4.15. The molecule has 0 fully saturated rings. The van der Waals surface area contributed by atoms with Crippen molar-refractivity contribution in [3.63, 3.8) is 0 Å². The first-order valence-corrected chi connectivity index (χ1v) is 8.57. The maximum atomic E-state index is 13.1. The van der Waals surface area contributed by atoms with E-state index in [2.05, 4.69) is 21.2 Å². The van der Waals surface area contributed by atoms with Crippen molar-refractivity contribution in [2.75, 3.05) is 10.6 Å². The minimum atomic E-state index is -4.70. The van der Waals surface area contributed by atoms with Gasteiger partial charge in [0.1, 0.15) is 0 Å². The quantitative estimate of drug-likeness (QED) is 0.430. The highest BCUT2D eigenvalue weighted by Gasteiger charge is 2.33. The number of nitrogens with one attached hydrogen (secondary N) is 2. The lowest BCUT2D eigenvalue weighted by Crippen LogP contribution is -2.20. The summed E-state index contributed by atoms with van der Waals surface area (Å²) in [6.45, 7) is 1.16. The Morgan fingerprint density at radius 2 is 1.71 bits per heavy atom. The zero-order valence-electron chi connectivity index (χ0n) is 14.4. The molecule has 0 radical (unpaired) electrons. The van der Waals surface area contributed by atoms with E-state index >= 15 is 0 Å². The summed E-state index contributed by atoms with van der Waals surface area (Å²) in [5.74, 6) is -1.43. The number of carboxylic acid groups (broad SMARTS) is 1. The first-order valence-electron chi connectivity index (χ1n) is 7.78. The third kappa shape index (κ3) is 5.56. The van der Waals surface area contributed by atoms with Gasteiger partial charge in [0.15, 0.2) is 5.78 Å².